The van der Waals surface area contributed by atoms with Gasteiger partial charge in [0, 0.05) is 23.1 Å². The topological polar surface area (TPSA) is 23.6 Å². The van der Waals surface area contributed by atoms with Gasteiger partial charge in [-0.1, -0.05) is 51.8 Å². The fourth-order valence-electron chi connectivity index (χ4n) is 4.57. The van der Waals surface area contributed by atoms with Gasteiger partial charge in [-0.25, -0.2) is 0 Å². The molecule has 0 N–H and O–H groups in total. The lowest BCUT2D eigenvalue weighted by molar-refractivity contribution is 0.0767. The summed E-state index contributed by atoms with van der Waals surface area (Å²) in [6, 6.07) is 14.7. The highest BCUT2D eigenvalue weighted by atomic mass is 79.9. The zero-order valence-corrected chi connectivity index (χ0v) is 18.2. The van der Waals surface area contributed by atoms with Crippen LogP contribution < -0.4 is 0 Å². The summed E-state index contributed by atoms with van der Waals surface area (Å²) in [5.41, 5.74) is 4.86. The number of rotatable bonds is 6. The van der Waals surface area contributed by atoms with E-state index >= 15 is 0 Å². The van der Waals surface area contributed by atoms with Crippen LogP contribution in [0.1, 0.15) is 46.3 Å². The van der Waals surface area contributed by atoms with E-state index in [-0.39, 0.29) is 5.91 Å². The Balaban J connectivity index is 1.19. The van der Waals surface area contributed by atoms with Crippen LogP contribution in [0.15, 0.2) is 46.9 Å². The van der Waals surface area contributed by atoms with E-state index in [1.54, 1.807) is 0 Å². The number of hydrogen-bond donors (Lipinski definition) is 0. The first-order valence-electron chi connectivity index (χ1n) is 10.4. The molecule has 0 atom stereocenters. The Morgan fingerprint density at radius 2 is 1.86 bits per heavy atom. The third-order valence-corrected chi connectivity index (χ3v) is 6.99. The molecule has 2 aliphatic rings. The molecule has 2 aromatic carbocycles. The van der Waals surface area contributed by atoms with Crippen LogP contribution in [0.3, 0.4) is 0 Å². The number of nitrogens with zero attached hydrogens (tertiary/aromatic N) is 2. The summed E-state index contributed by atoms with van der Waals surface area (Å²) in [6.45, 7) is 7.28. The zero-order chi connectivity index (χ0) is 19.5. The van der Waals surface area contributed by atoms with Crippen molar-refractivity contribution in [1.29, 1.82) is 0 Å². The molecule has 1 fully saturated rings. The van der Waals surface area contributed by atoms with Crippen LogP contribution >= 0.6 is 15.9 Å². The van der Waals surface area contributed by atoms with Gasteiger partial charge < -0.3 is 9.80 Å². The highest BCUT2D eigenvalue weighted by Gasteiger charge is 2.26. The van der Waals surface area contributed by atoms with E-state index in [0.717, 1.165) is 37.5 Å². The van der Waals surface area contributed by atoms with Crippen molar-refractivity contribution in [3.05, 3.63) is 69.2 Å². The molecule has 0 spiro atoms. The van der Waals surface area contributed by atoms with Crippen LogP contribution in [0.2, 0.25) is 0 Å². The molecule has 0 bridgehead atoms. The molecule has 1 saturated heterocycles. The molecule has 0 aromatic heterocycles. The van der Waals surface area contributed by atoms with E-state index in [1.807, 2.05) is 23.1 Å². The van der Waals surface area contributed by atoms with Gasteiger partial charge in [0.2, 0.25) is 0 Å². The van der Waals surface area contributed by atoms with E-state index in [2.05, 4.69) is 52.0 Å². The molecule has 2 aromatic rings. The quantitative estimate of drug-likeness (QED) is 0.626. The van der Waals surface area contributed by atoms with Crippen LogP contribution in [0.25, 0.3) is 0 Å². The molecule has 148 valence electrons. The molecule has 0 aliphatic carbocycles. The molecule has 28 heavy (non-hydrogen) atoms. The van der Waals surface area contributed by atoms with Crippen LogP contribution in [-0.2, 0) is 13.0 Å². The summed E-state index contributed by atoms with van der Waals surface area (Å²) < 4.78 is 1.25. The molecule has 3 nitrogen and oxygen atoms in total. The number of benzene rings is 2. The summed E-state index contributed by atoms with van der Waals surface area (Å²) in [4.78, 5) is 17.0. The van der Waals surface area contributed by atoms with E-state index in [0.29, 0.717) is 0 Å². The maximum absolute atomic E-state index is 12.5. The molecule has 2 heterocycles. The minimum Gasteiger partial charge on any atom is -0.334 e. The molecule has 4 heteroatoms. The molecular formula is C24H29BrN2O. The molecular weight excluding hydrogens is 412 g/mol. The maximum Gasteiger partial charge on any atom is 0.254 e. The van der Waals surface area contributed by atoms with Gasteiger partial charge in [0.1, 0.15) is 0 Å². The van der Waals surface area contributed by atoms with Crippen molar-refractivity contribution >= 4 is 21.8 Å². The Kier molecular flexibility index (Phi) is 6.17. The van der Waals surface area contributed by atoms with Crippen LogP contribution in [0, 0.1) is 12.8 Å². The van der Waals surface area contributed by atoms with Gasteiger partial charge in [-0.2, -0.15) is 0 Å². The van der Waals surface area contributed by atoms with Gasteiger partial charge in [-0.3, -0.25) is 4.79 Å². The van der Waals surface area contributed by atoms with Crippen molar-refractivity contribution in [2.45, 2.75) is 39.2 Å². The molecule has 1 amide bonds. The summed E-state index contributed by atoms with van der Waals surface area (Å²) in [5.74, 6) is 0.988. The Hall–Kier alpha value is -1.65. The fraction of sp³-hybridized carbons (Fsp3) is 0.458. The van der Waals surface area contributed by atoms with Gasteiger partial charge in [0.15, 0.2) is 0 Å². The first-order valence-corrected chi connectivity index (χ1v) is 11.2. The summed E-state index contributed by atoms with van der Waals surface area (Å²) in [6.07, 6.45) is 4.79. The SMILES string of the molecule is Cc1ccc(Br)c(CC2CCN(CCCN3Cc4ccccc4C3=O)CC2)c1. The Morgan fingerprint density at radius 3 is 2.64 bits per heavy atom. The van der Waals surface area contributed by atoms with Crippen molar-refractivity contribution < 1.29 is 4.79 Å². The first kappa shape index (κ1) is 19.7. The second kappa shape index (κ2) is 8.79. The molecule has 4 rings (SSSR count). The predicted octanol–water partition coefficient (Wildman–Crippen LogP) is 5.06. The normalized spacial score (nSPS) is 17.9. The Morgan fingerprint density at radius 1 is 1.07 bits per heavy atom. The average Bonchev–Trinajstić information content (AvgIpc) is 3.02. The maximum atomic E-state index is 12.5. The Labute approximate surface area is 176 Å². The number of piperidine rings is 1. The number of amides is 1. The van der Waals surface area contributed by atoms with Gasteiger partial charge in [-0.05, 0) is 81.4 Å². The van der Waals surface area contributed by atoms with E-state index in [4.69, 9.17) is 0 Å². The highest BCUT2D eigenvalue weighted by molar-refractivity contribution is 9.10. The lowest BCUT2D eigenvalue weighted by Gasteiger charge is -2.32. The number of hydrogen-bond acceptors (Lipinski definition) is 2. The lowest BCUT2D eigenvalue weighted by atomic mass is 9.89. The molecule has 0 radical (unpaired) electrons. The first-order chi connectivity index (χ1) is 13.6. The summed E-state index contributed by atoms with van der Waals surface area (Å²) >= 11 is 3.71. The number of aryl methyl sites for hydroxylation is 1. The second-order valence-electron chi connectivity index (χ2n) is 8.32. The van der Waals surface area contributed by atoms with Crippen LogP contribution in [-0.4, -0.2) is 41.9 Å². The monoisotopic (exact) mass is 440 g/mol. The number of halogens is 1. The number of carbonyl (C=O) groups is 1. The number of fused-ring (bicyclic) bond motifs is 1. The van der Waals surface area contributed by atoms with Crippen molar-refractivity contribution in [1.82, 2.24) is 9.80 Å². The average molecular weight is 441 g/mol. The zero-order valence-electron chi connectivity index (χ0n) is 16.7. The second-order valence-corrected chi connectivity index (χ2v) is 9.18. The lowest BCUT2D eigenvalue weighted by Crippen LogP contribution is -2.36. The third kappa shape index (κ3) is 4.49. The van der Waals surface area contributed by atoms with Crippen molar-refractivity contribution in [2.24, 2.45) is 5.92 Å². The van der Waals surface area contributed by atoms with Gasteiger partial charge >= 0.3 is 0 Å². The minimum atomic E-state index is 0.207. The smallest absolute Gasteiger partial charge is 0.254 e. The van der Waals surface area contributed by atoms with E-state index in [9.17, 15) is 4.79 Å². The van der Waals surface area contributed by atoms with Crippen molar-refractivity contribution in [3.8, 4) is 0 Å². The van der Waals surface area contributed by atoms with E-state index in [1.165, 1.54) is 53.5 Å². The summed E-state index contributed by atoms with van der Waals surface area (Å²) in [7, 11) is 0. The van der Waals surface area contributed by atoms with Crippen LogP contribution in [0.4, 0.5) is 0 Å². The largest absolute Gasteiger partial charge is 0.334 e. The van der Waals surface area contributed by atoms with Gasteiger partial charge in [0.25, 0.3) is 5.91 Å². The molecule has 2 aliphatic heterocycles. The van der Waals surface area contributed by atoms with Gasteiger partial charge in [0.05, 0.1) is 0 Å². The third-order valence-electron chi connectivity index (χ3n) is 6.22. The van der Waals surface area contributed by atoms with Gasteiger partial charge in [-0.15, -0.1) is 0 Å². The van der Waals surface area contributed by atoms with Crippen molar-refractivity contribution in [3.63, 3.8) is 0 Å². The predicted molar refractivity (Wildman–Crippen MR) is 118 cm³/mol. The van der Waals surface area contributed by atoms with E-state index < -0.39 is 0 Å². The van der Waals surface area contributed by atoms with Crippen LogP contribution in [0.5, 0.6) is 0 Å². The molecule has 0 unspecified atom stereocenters. The number of carbonyl (C=O) groups excluding carboxylic acids is 1. The highest BCUT2D eigenvalue weighted by Crippen LogP contribution is 2.27. The number of likely N-dealkylation sites (tertiary alicyclic amines) is 1. The fourth-order valence-corrected chi connectivity index (χ4v) is 4.97. The van der Waals surface area contributed by atoms with Crippen molar-refractivity contribution in [2.75, 3.05) is 26.2 Å². The molecule has 0 saturated carbocycles. The standard InChI is InChI=1S/C24H29BrN2O/c1-18-7-8-23(25)21(15-18)16-19-9-13-26(14-10-19)11-4-12-27-17-20-5-2-3-6-22(20)24(27)28/h2-3,5-8,15,19H,4,9-14,16-17H2,1H3. The minimum absolute atomic E-state index is 0.207. The summed E-state index contributed by atoms with van der Waals surface area (Å²) in [5, 5.41) is 0. The Bertz CT molecular complexity index is 842.